The van der Waals surface area contributed by atoms with E-state index in [1.807, 2.05) is 0 Å². The van der Waals surface area contributed by atoms with Gasteiger partial charge in [0.05, 0.1) is 13.2 Å². The standard InChI is InChI=1S/C14H22FNO4/c1-18-7-6-16-8-11-4-3-5-13(15)14(11)20-10-12(17)9-19-2/h3-5,12,16-17H,6-10H2,1-2H3. The number of halogens is 1. The average Bonchev–Trinajstić information content (AvgIpc) is 2.43. The smallest absolute Gasteiger partial charge is 0.165 e. The molecule has 0 bridgehead atoms. The van der Waals surface area contributed by atoms with Crippen molar-refractivity contribution < 1.29 is 23.7 Å². The maximum absolute atomic E-state index is 13.8. The normalized spacial score (nSPS) is 12.4. The molecule has 0 aliphatic heterocycles. The molecule has 1 aromatic rings. The summed E-state index contributed by atoms with van der Waals surface area (Å²) in [5.41, 5.74) is 0.700. The Morgan fingerprint density at radius 3 is 2.75 bits per heavy atom. The minimum Gasteiger partial charge on any atom is -0.487 e. The molecule has 20 heavy (non-hydrogen) atoms. The fourth-order valence-corrected chi connectivity index (χ4v) is 1.67. The predicted molar refractivity (Wildman–Crippen MR) is 73.4 cm³/mol. The molecule has 0 aromatic heterocycles. The molecule has 1 rings (SSSR count). The van der Waals surface area contributed by atoms with Crippen molar-refractivity contribution in [2.45, 2.75) is 12.6 Å². The molecule has 6 heteroatoms. The number of nitrogens with one attached hydrogen (secondary N) is 1. The van der Waals surface area contributed by atoms with Gasteiger partial charge in [0.15, 0.2) is 11.6 Å². The van der Waals surface area contributed by atoms with Crippen LogP contribution in [0.2, 0.25) is 0 Å². The van der Waals surface area contributed by atoms with Crippen LogP contribution < -0.4 is 10.1 Å². The van der Waals surface area contributed by atoms with E-state index in [0.29, 0.717) is 25.3 Å². The second-order valence-electron chi connectivity index (χ2n) is 4.32. The van der Waals surface area contributed by atoms with Crippen molar-refractivity contribution in [1.29, 1.82) is 0 Å². The molecule has 1 atom stereocenters. The van der Waals surface area contributed by atoms with Crippen molar-refractivity contribution >= 4 is 0 Å². The van der Waals surface area contributed by atoms with Crippen LogP contribution in [0.25, 0.3) is 0 Å². The fourth-order valence-electron chi connectivity index (χ4n) is 1.67. The van der Waals surface area contributed by atoms with Crippen LogP contribution in [-0.4, -0.2) is 51.8 Å². The van der Waals surface area contributed by atoms with Gasteiger partial charge in [-0.2, -0.15) is 0 Å². The highest BCUT2D eigenvalue weighted by Crippen LogP contribution is 2.22. The summed E-state index contributed by atoms with van der Waals surface area (Å²) in [4.78, 5) is 0. The van der Waals surface area contributed by atoms with Gasteiger partial charge in [-0.05, 0) is 6.07 Å². The van der Waals surface area contributed by atoms with Gasteiger partial charge in [-0.1, -0.05) is 12.1 Å². The molecule has 0 radical (unpaired) electrons. The summed E-state index contributed by atoms with van der Waals surface area (Å²) in [6.07, 6.45) is -0.783. The lowest BCUT2D eigenvalue weighted by Crippen LogP contribution is -2.24. The second kappa shape index (κ2) is 9.66. The molecule has 2 N–H and O–H groups in total. The number of hydrogen-bond acceptors (Lipinski definition) is 5. The Balaban J connectivity index is 2.58. The first kappa shape index (κ1) is 16.8. The van der Waals surface area contributed by atoms with Gasteiger partial charge in [0.2, 0.25) is 0 Å². The highest BCUT2D eigenvalue weighted by atomic mass is 19.1. The van der Waals surface area contributed by atoms with E-state index >= 15 is 0 Å². The number of para-hydroxylation sites is 1. The first-order valence-electron chi connectivity index (χ1n) is 6.46. The number of ether oxygens (including phenoxy) is 3. The monoisotopic (exact) mass is 287 g/mol. The zero-order valence-electron chi connectivity index (χ0n) is 11.9. The van der Waals surface area contributed by atoms with E-state index in [1.165, 1.54) is 13.2 Å². The Kier molecular flexibility index (Phi) is 8.13. The van der Waals surface area contributed by atoms with E-state index in [4.69, 9.17) is 14.2 Å². The molecule has 0 amide bonds. The van der Waals surface area contributed by atoms with E-state index < -0.39 is 11.9 Å². The summed E-state index contributed by atoms with van der Waals surface area (Å²) in [6, 6.07) is 4.73. The third kappa shape index (κ3) is 5.83. The molecule has 0 aliphatic carbocycles. The highest BCUT2D eigenvalue weighted by molar-refractivity contribution is 5.34. The maximum Gasteiger partial charge on any atom is 0.165 e. The van der Waals surface area contributed by atoms with Gasteiger partial charge in [0.1, 0.15) is 12.7 Å². The molecule has 0 fully saturated rings. The largest absolute Gasteiger partial charge is 0.487 e. The molecule has 1 unspecified atom stereocenters. The van der Waals surface area contributed by atoms with Gasteiger partial charge in [-0.15, -0.1) is 0 Å². The zero-order chi connectivity index (χ0) is 14.8. The van der Waals surface area contributed by atoms with Crippen LogP contribution in [0.4, 0.5) is 4.39 Å². The van der Waals surface area contributed by atoms with Crippen LogP contribution >= 0.6 is 0 Å². The topological polar surface area (TPSA) is 60.0 Å². The lowest BCUT2D eigenvalue weighted by atomic mass is 10.2. The lowest BCUT2D eigenvalue weighted by molar-refractivity contribution is 0.0313. The molecular weight excluding hydrogens is 265 g/mol. The molecule has 5 nitrogen and oxygen atoms in total. The highest BCUT2D eigenvalue weighted by Gasteiger charge is 2.12. The van der Waals surface area contributed by atoms with Crippen molar-refractivity contribution in [3.05, 3.63) is 29.6 Å². The second-order valence-corrected chi connectivity index (χ2v) is 4.32. The molecule has 0 aliphatic rings. The molecule has 114 valence electrons. The van der Waals surface area contributed by atoms with Crippen LogP contribution in [0.5, 0.6) is 5.75 Å². The molecular formula is C14H22FNO4. The Hall–Kier alpha value is -1.21. The minimum atomic E-state index is -0.783. The predicted octanol–water partition coefficient (Wildman–Crippen LogP) is 0.948. The fraction of sp³-hybridized carbons (Fsp3) is 0.571. The maximum atomic E-state index is 13.8. The van der Waals surface area contributed by atoms with Gasteiger partial charge in [0, 0.05) is 32.9 Å². The molecule has 0 saturated heterocycles. The van der Waals surface area contributed by atoms with E-state index in [1.54, 1.807) is 19.2 Å². The first-order chi connectivity index (χ1) is 9.69. The Morgan fingerprint density at radius 1 is 1.25 bits per heavy atom. The van der Waals surface area contributed by atoms with Crippen LogP contribution in [0.1, 0.15) is 5.56 Å². The SMILES string of the molecule is COCCNCc1cccc(F)c1OCC(O)COC. The van der Waals surface area contributed by atoms with Gasteiger partial charge < -0.3 is 24.6 Å². The van der Waals surface area contributed by atoms with Gasteiger partial charge in [-0.3, -0.25) is 0 Å². The number of aliphatic hydroxyl groups is 1. The number of benzene rings is 1. The Morgan fingerprint density at radius 2 is 2.05 bits per heavy atom. The number of aliphatic hydroxyl groups excluding tert-OH is 1. The van der Waals surface area contributed by atoms with Gasteiger partial charge >= 0.3 is 0 Å². The Labute approximate surface area is 118 Å². The summed E-state index contributed by atoms with van der Waals surface area (Å²) in [6.45, 7) is 1.85. The van der Waals surface area contributed by atoms with Crippen molar-refractivity contribution in [3.63, 3.8) is 0 Å². The van der Waals surface area contributed by atoms with E-state index in [0.717, 1.165) is 0 Å². The summed E-state index contributed by atoms with van der Waals surface area (Å²) in [5.74, 6) is -0.284. The first-order valence-corrected chi connectivity index (χ1v) is 6.46. The Bertz CT molecular complexity index is 389. The van der Waals surface area contributed by atoms with Crippen molar-refractivity contribution in [1.82, 2.24) is 5.32 Å². The average molecular weight is 287 g/mol. The van der Waals surface area contributed by atoms with Crippen LogP contribution in [0.3, 0.4) is 0 Å². The molecule has 0 saturated carbocycles. The summed E-state index contributed by atoms with van der Waals surface area (Å²) < 4.78 is 28.9. The van der Waals surface area contributed by atoms with E-state index in [9.17, 15) is 9.50 Å². The minimum absolute atomic E-state index is 0.0140. The van der Waals surface area contributed by atoms with Crippen LogP contribution in [-0.2, 0) is 16.0 Å². The third-order valence-corrected chi connectivity index (χ3v) is 2.63. The number of methoxy groups -OCH3 is 2. The van der Waals surface area contributed by atoms with Crippen LogP contribution in [0, 0.1) is 5.82 Å². The summed E-state index contributed by atoms with van der Waals surface area (Å²) in [7, 11) is 3.10. The third-order valence-electron chi connectivity index (χ3n) is 2.63. The van der Waals surface area contributed by atoms with Crippen molar-refractivity contribution in [2.75, 3.05) is 40.6 Å². The zero-order valence-corrected chi connectivity index (χ0v) is 11.9. The summed E-state index contributed by atoms with van der Waals surface area (Å²) in [5, 5.41) is 12.7. The quantitative estimate of drug-likeness (QED) is 0.627. The molecule has 0 heterocycles. The van der Waals surface area contributed by atoms with Crippen molar-refractivity contribution in [3.8, 4) is 5.75 Å². The molecule has 0 spiro atoms. The number of rotatable bonds is 10. The van der Waals surface area contributed by atoms with E-state index in [2.05, 4.69) is 5.32 Å². The lowest BCUT2D eigenvalue weighted by Gasteiger charge is -2.15. The van der Waals surface area contributed by atoms with Crippen LogP contribution in [0.15, 0.2) is 18.2 Å². The van der Waals surface area contributed by atoms with E-state index in [-0.39, 0.29) is 19.0 Å². The molecule has 1 aromatic carbocycles. The van der Waals surface area contributed by atoms with Gasteiger partial charge in [0.25, 0.3) is 0 Å². The van der Waals surface area contributed by atoms with Gasteiger partial charge in [-0.25, -0.2) is 4.39 Å². The summed E-state index contributed by atoms with van der Waals surface area (Å²) >= 11 is 0. The van der Waals surface area contributed by atoms with Crippen molar-refractivity contribution in [2.24, 2.45) is 0 Å². The number of hydrogen-bond donors (Lipinski definition) is 2.